The highest BCUT2D eigenvalue weighted by Crippen LogP contribution is 2.37. The van der Waals surface area contributed by atoms with E-state index in [0.29, 0.717) is 43.7 Å². The van der Waals surface area contributed by atoms with Crippen LogP contribution in [-0.4, -0.2) is 75.7 Å². The number of hydrogen-bond acceptors (Lipinski definition) is 6. The van der Waals surface area contributed by atoms with E-state index >= 15 is 4.39 Å². The van der Waals surface area contributed by atoms with Gasteiger partial charge >= 0.3 is 6.18 Å². The maximum atomic E-state index is 15.3. The summed E-state index contributed by atoms with van der Waals surface area (Å²) in [5.74, 6) is -4.38. The minimum Gasteiger partial charge on any atom is -0.478 e. The molecule has 0 bridgehead atoms. The summed E-state index contributed by atoms with van der Waals surface area (Å²) in [7, 11) is 0.483. The third kappa shape index (κ3) is 10.0. The summed E-state index contributed by atoms with van der Waals surface area (Å²) >= 11 is 0. The number of alkyl halides is 5. The van der Waals surface area contributed by atoms with Gasteiger partial charge in [0.15, 0.2) is 0 Å². The van der Waals surface area contributed by atoms with Crippen molar-refractivity contribution in [1.29, 1.82) is 0 Å². The highest BCUT2D eigenvalue weighted by molar-refractivity contribution is 6.76. The molecule has 1 aromatic heterocycles. The molecule has 0 atom stereocenters. The zero-order valence-electron chi connectivity index (χ0n) is 28.9. The maximum Gasteiger partial charge on any atom is 0.417 e. The molecule has 0 spiro atoms. The zero-order valence-corrected chi connectivity index (χ0v) is 29.9. The van der Waals surface area contributed by atoms with Crippen molar-refractivity contribution in [2.24, 2.45) is 0 Å². The van der Waals surface area contributed by atoms with Gasteiger partial charge in [-0.1, -0.05) is 31.8 Å². The Morgan fingerprint density at radius 1 is 1.02 bits per heavy atom. The molecule has 2 aromatic carbocycles. The molecule has 1 saturated heterocycles. The minimum atomic E-state index is -4.86. The number of benzene rings is 2. The first kappa shape index (κ1) is 37.6. The lowest BCUT2D eigenvalue weighted by molar-refractivity contribution is -0.138. The van der Waals surface area contributed by atoms with Crippen molar-refractivity contribution in [3.8, 4) is 17.0 Å². The zero-order chi connectivity index (χ0) is 36.3. The van der Waals surface area contributed by atoms with Gasteiger partial charge in [-0.2, -0.15) is 13.2 Å². The number of ether oxygens (including phenoxy) is 1. The van der Waals surface area contributed by atoms with Crippen molar-refractivity contribution in [3.05, 3.63) is 71.2 Å². The molecule has 1 aliphatic heterocycles. The smallest absolute Gasteiger partial charge is 0.417 e. The number of nitrogens with zero attached hydrogens (tertiary/aromatic N) is 3. The fourth-order valence-corrected chi connectivity index (χ4v) is 6.83. The van der Waals surface area contributed by atoms with Crippen LogP contribution in [0, 0.1) is 5.82 Å². The summed E-state index contributed by atoms with van der Waals surface area (Å²) in [5, 5.41) is 5.98. The van der Waals surface area contributed by atoms with E-state index in [0.717, 1.165) is 37.0 Å². The van der Waals surface area contributed by atoms with Gasteiger partial charge < -0.3 is 25.2 Å². The first-order chi connectivity index (χ1) is 23.5. The van der Waals surface area contributed by atoms with E-state index in [-0.39, 0.29) is 42.6 Å². The number of aromatic nitrogens is 1. The SMILES string of the molecule is CN1CCN(c2ccc(-c3cc(CNC4CCC(F)(F)CC4)ccc3F)cc2NC(=O)c2cnc(OCC[Si](C)(C)C)cc2C(F)(F)F)CC1. The first-order valence-electron chi connectivity index (χ1n) is 17.0. The molecule has 14 heteroatoms. The monoisotopic (exact) mass is 721 g/mol. The number of pyridine rings is 1. The van der Waals surface area contributed by atoms with E-state index in [4.69, 9.17) is 4.74 Å². The van der Waals surface area contributed by atoms with Crippen molar-refractivity contribution >= 4 is 25.4 Å². The van der Waals surface area contributed by atoms with Crippen LogP contribution in [0.3, 0.4) is 0 Å². The number of amides is 1. The van der Waals surface area contributed by atoms with Crippen molar-refractivity contribution < 1.29 is 35.9 Å². The molecular formula is C36H45F6N5O2Si. The van der Waals surface area contributed by atoms with E-state index in [1.54, 1.807) is 30.3 Å². The van der Waals surface area contributed by atoms with E-state index in [1.165, 1.54) is 6.07 Å². The van der Waals surface area contributed by atoms with E-state index < -0.39 is 43.0 Å². The van der Waals surface area contributed by atoms with Crippen LogP contribution in [0.5, 0.6) is 5.88 Å². The average Bonchev–Trinajstić information content (AvgIpc) is 3.04. The van der Waals surface area contributed by atoms with Crippen LogP contribution in [-0.2, 0) is 12.7 Å². The van der Waals surface area contributed by atoms with Crippen LogP contribution in [0.2, 0.25) is 25.7 Å². The quantitative estimate of drug-likeness (QED) is 0.154. The Bertz CT molecular complexity index is 1650. The Hall–Kier alpha value is -3.62. The molecule has 1 saturated carbocycles. The summed E-state index contributed by atoms with van der Waals surface area (Å²) in [6.45, 7) is 9.63. The maximum absolute atomic E-state index is 15.3. The lowest BCUT2D eigenvalue weighted by Gasteiger charge is -2.35. The van der Waals surface area contributed by atoms with Gasteiger partial charge in [-0.15, -0.1) is 0 Å². The second-order valence-corrected chi connectivity index (χ2v) is 20.1. The summed E-state index contributed by atoms with van der Waals surface area (Å²) < 4.78 is 90.9. The van der Waals surface area contributed by atoms with Gasteiger partial charge in [0.1, 0.15) is 5.82 Å². The Balaban J connectivity index is 1.42. The predicted molar refractivity (Wildman–Crippen MR) is 186 cm³/mol. The lowest BCUT2D eigenvalue weighted by Crippen LogP contribution is -2.44. The molecule has 1 aliphatic carbocycles. The standard InChI is InChI=1S/C36H45F6N5O2Si/c1-46-13-15-47(16-14-46)32-8-6-25(27-19-24(5-7-30(27)37)22-43-26-9-11-35(38,39)12-10-26)20-31(32)45-34(48)28-23-44-33(21-29(28)36(40,41)42)49-17-18-50(2,3)4/h5-8,19-21,23,26,43H,9-18,22H2,1-4H3,(H,45,48). The number of carbonyl (C=O) groups is 1. The fourth-order valence-electron chi connectivity index (χ4n) is 6.12. The Morgan fingerprint density at radius 3 is 2.38 bits per heavy atom. The average molecular weight is 722 g/mol. The largest absolute Gasteiger partial charge is 0.478 e. The van der Waals surface area contributed by atoms with Gasteiger partial charge in [0, 0.05) is 77.5 Å². The molecule has 2 N–H and O–H groups in total. The van der Waals surface area contributed by atoms with Crippen LogP contribution in [0.4, 0.5) is 37.7 Å². The van der Waals surface area contributed by atoms with Crippen LogP contribution >= 0.6 is 0 Å². The minimum absolute atomic E-state index is 0.0744. The summed E-state index contributed by atoms with van der Waals surface area (Å²) in [5.41, 5.74) is 0.373. The summed E-state index contributed by atoms with van der Waals surface area (Å²) in [6, 6.07) is 11.0. The van der Waals surface area contributed by atoms with E-state index in [2.05, 4.69) is 40.2 Å². The van der Waals surface area contributed by atoms with Gasteiger partial charge in [0.2, 0.25) is 11.8 Å². The van der Waals surface area contributed by atoms with E-state index in [1.807, 2.05) is 11.9 Å². The highest BCUT2D eigenvalue weighted by Gasteiger charge is 2.37. The molecule has 272 valence electrons. The van der Waals surface area contributed by atoms with Crippen molar-refractivity contribution in [1.82, 2.24) is 15.2 Å². The fraction of sp³-hybridized carbons (Fsp3) is 0.500. The van der Waals surface area contributed by atoms with Gasteiger partial charge in [-0.05, 0) is 61.3 Å². The summed E-state index contributed by atoms with van der Waals surface area (Å²) in [4.78, 5) is 21.8. The molecule has 50 heavy (non-hydrogen) atoms. The molecular weight excluding hydrogens is 677 g/mol. The number of anilines is 2. The van der Waals surface area contributed by atoms with Gasteiger partial charge in [0.25, 0.3) is 5.91 Å². The third-order valence-corrected chi connectivity index (χ3v) is 11.0. The molecule has 2 heterocycles. The van der Waals surface area contributed by atoms with E-state index in [9.17, 15) is 26.7 Å². The Morgan fingerprint density at radius 2 is 1.72 bits per heavy atom. The Kier molecular flexibility index (Phi) is 11.5. The number of piperazine rings is 1. The second kappa shape index (κ2) is 15.3. The normalized spacial score (nSPS) is 17.5. The molecule has 2 aliphatic rings. The van der Waals surface area contributed by atoms with Crippen LogP contribution in [0.15, 0.2) is 48.7 Å². The predicted octanol–water partition coefficient (Wildman–Crippen LogP) is 8.30. The van der Waals surface area contributed by atoms with Crippen molar-refractivity contribution in [2.75, 3.05) is 50.1 Å². The van der Waals surface area contributed by atoms with Crippen molar-refractivity contribution in [2.45, 2.75) is 76.1 Å². The highest BCUT2D eigenvalue weighted by atomic mass is 28.3. The lowest BCUT2D eigenvalue weighted by atomic mass is 9.92. The number of rotatable bonds is 11. The molecule has 5 rings (SSSR count). The number of likely N-dealkylation sites (N-methyl/N-ethyl adjacent to an activating group) is 1. The van der Waals surface area contributed by atoms with Crippen LogP contribution in [0.1, 0.15) is 47.2 Å². The van der Waals surface area contributed by atoms with Gasteiger partial charge in [-0.25, -0.2) is 18.2 Å². The van der Waals surface area contributed by atoms with Gasteiger partial charge in [-0.3, -0.25) is 4.79 Å². The van der Waals surface area contributed by atoms with Crippen molar-refractivity contribution in [3.63, 3.8) is 0 Å². The van der Waals surface area contributed by atoms with Crippen LogP contribution < -0.4 is 20.3 Å². The number of nitrogens with one attached hydrogen (secondary N) is 2. The molecule has 1 amide bonds. The molecule has 0 unspecified atom stereocenters. The number of halogens is 6. The topological polar surface area (TPSA) is 69.7 Å². The number of hydrogen-bond donors (Lipinski definition) is 2. The Labute approximate surface area is 290 Å². The second-order valence-electron chi connectivity index (χ2n) is 14.5. The molecule has 3 aromatic rings. The van der Waals surface area contributed by atoms with Gasteiger partial charge in [0.05, 0.1) is 29.1 Å². The molecule has 7 nitrogen and oxygen atoms in total. The first-order valence-corrected chi connectivity index (χ1v) is 20.7. The summed E-state index contributed by atoms with van der Waals surface area (Å²) in [6.07, 6.45) is -3.64. The third-order valence-electron chi connectivity index (χ3n) is 9.27. The molecule has 2 fully saturated rings. The van der Waals surface area contributed by atoms with Crippen LogP contribution in [0.25, 0.3) is 11.1 Å². The molecule has 0 radical (unpaired) electrons. The number of carbonyl (C=O) groups excluding carboxylic acids is 1.